The fraction of sp³-hybridized carbons (Fsp3) is 0.429. The molecule has 4 N–H and O–H groups in total. The summed E-state index contributed by atoms with van der Waals surface area (Å²) >= 11 is 0. The second-order valence-corrected chi connectivity index (χ2v) is 4.14. The number of nitrogens with two attached hydrogens (primary N) is 1. The number of carbonyl (C=O) groups is 2. The van der Waals surface area contributed by atoms with Crippen molar-refractivity contribution < 1.29 is 14.3 Å². The van der Waals surface area contributed by atoms with E-state index < -0.39 is 0 Å². The van der Waals surface area contributed by atoms with Crippen LogP contribution in [0.1, 0.15) is 30.6 Å². The zero-order chi connectivity index (χ0) is 15.0. The molecule has 0 radical (unpaired) electrons. The van der Waals surface area contributed by atoms with Crippen molar-refractivity contribution in [2.45, 2.75) is 20.3 Å². The monoisotopic (exact) mass is 279 g/mol. The Morgan fingerprint density at radius 1 is 1.30 bits per heavy atom. The standard InChI is InChI=1S/C14H21N3O3/c1-3-16-14(19)10-5-6-12(11(15)9-10)17-8-7-13(18)20-4-2/h5-6,9,17H,3-4,7-8,15H2,1-2H3,(H,16,19). The van der Waals surface area contributed by atoms with Crippen molar-refractivity contribution in [3.63, 3.8) is 0 Å². The summed E-state index contributed by atoms with van der Waals surface area (Å²) in [6.45, 7) is 5.00. The molecule has 1 rings (SSSR count). The van der Waals surface area contributed by atoms with Gasteiger partial charge in [0.05, 0.1) is 24.4 Å². The molecule has 0 unspecified atom stereocenters. The number of carbonyl (C=O) groups excluding carboxylic acids is 2. The van der Waals surface area contributed by atoms with Gasteiger partial charge in [0.15, 0.2) is 0 Å². The van der Waals surface area contributed by atoms with Crippen molar-refractivity contribution in [1.29, 1.82) is 0 Å². The molecule has 20 heavy (non-hydrogen) atoms. The Morgan fingerprint density at radius 3 is 2.65 bits per heavy atom. The molecule has 1 amide bonds. The lowest BCUT2D eigenvalue weighted by atomic mass is 10.1. The zero-order valence-corrected chi connectivity index (χ0v) is 11.9. The second kappa shape index (κ2) is 8.04. The van der Waals surface area contributed by atoms with Gasteiger partial charge >= 0.3 is 5.97 Å². The average Bonchev–Trinajstić information content (AvgIpc) is 2.41. The highest BCUT2D eigenvalue weighted by atomic mass is 16.5. The first kappa shape index (κ1) is 15.8. The normalized spacial score (nSPS) is 9.90. The van der Waals surface area contributed by atoms with Crippen LogP contribution in [0, 0.1) is 0 Å². The molecule has 0 bridgehead atoms. The SMILES string of the molecule is CCNC(=O)c1ccc(NCCC(=O)OCC)c(N)c1. The minimum atomic E-state index is -0.252. The van der Waals surface area contributed by atoms with Crippen LogP contribution in [0.3, 0.4) is 0 Å². The van der Waals surface area contributed by atoms with Crippen LogP contribution < -0.4 is 16.4 Å². The van der Waals surface area contributed by atoms with Crippen molar-refractivity contribution in [3.05, 3.63) is 23.8 Å². The molecule has 0 heterocycles. The third-order valence-electron chi connectivity index (χ3n) is 2.60. The van der Waals surface area contributed by atoms with E-state index in [1.54, 1.807) is 25.1 Å². The van der Waals surface area contributed by atoms with Gasteiger partial charge in [-0.25, -0.2) is 0 Å². The van der Waals surface area contributed by atoms with Gasteiger partial charge in [0.25, 0.3) is 5.91 Å². The van der Waals surface area contributed by atoms with Gasteiger partial charge in [-0.3, -0.25) is 9.59 Å². The highest BCUT2D eigenvalue weighted by Gasteiger charge is 2.07. The van der Waals surface area contributed by atoms with Crippen molar-refractivity contribution in [3.8, 4) is 0 Å². The van der Waals surface area contributed by atoms with Crippen LogP contribution >= 0.6 is 0 Å². The Morgan fingerprint density at radius 2 is 2.05 bits per heavy atom. The quantitative estimate of drug-likeness (QED) is 0.518. The van der Waals surface area contributed by atoms with Crippen LogP contribution in [-0.4, -0.2) is 31.6 Å². The highest BCUT2D eigenvalue weighted by Crippen LogP contribution is 2.19. The third kappa shape index (κ3) is 4.79. The van der Waals surface area contributed by atoms with Crippen LogP contribution in [-0.2, 0) is 9.53 Å². The van der Waals surface area contributed by atoms with Gasteiger partial charge in [-0.05, 0) is 32.0 Å². The molecule has 110 valence electrons. The first-order valence-electron chi connectivity index (χ1n) is 6.65. The predicted molar refractivity (Wildman–Crippen MR) is 78.6 cm³/mol. The maximum absolute atomic E-state index is 11.6. The summed E-state index contributed by atoms with van der Waals surface area (Å²) in [6.07, 6.45) is 0.269. The molecule has 0 fully saturated rings. The number of hydrogen-bond acceptors (Lipinski definition) is 5. The Kier molecular flexibility index (Phi) is 6.36. The number of esters is 1. The molecule has 0 saturated heterocycles. The first-order chi connectivity index (χ1) is 9.58. The topological polar surface area (TPSA) is 93.5 Å². The van der Waals surface area contributed by atoms with E-state index in [0.717, 1.165) is 0 Å². The van der Waals surface area contributed by atoms with E-state index in [4.69, 9.17) is 10.5 Å². The number of hydrogen-bond donors (Lipinski definition) is 3. The van der Waals surface area contributed by atoms with E-state index >= 15 is 0 Å². The maximum Gasteiger partial charge on any atom is 0.307 e. The van der Waals surface area contributed by atoms with Gasteiger partial charge in [0.2, 0.25) is 0 Å². The Bertz CT molecular complexity index is 475. The summed E-state index contributed by atoms with van der Waals surface area (Å²) in [4.78, 5) is 22.8. The van der Waals surface area contributed by atoms with Crippen LogP contribution in [0.5, 0.6) is 0 Å². The van der Waals surface area contributed by atoms with Gasteiger partial charge in [0.1, 0.15) is 0 Å². The van der Waals surface area contributed by atoms with E-state index in [1.807, 2.05) is 6.92 Å². The third-order valence-corrected chi connectivity index (χ3v) is 2.60. The molecule has 1 aromatic rings. The molecule has 0 aliphatic carbocycles. The minimum absolute atomic E-state index is 0.155. The predicted octanol–water partition coefficient (Wildman–Crippen LogP) is 1.38. The Hall–Kier alpha value is -2.24. The highest BCUT2D eigenvalue weighted by molar-refractivity contribution is 5.96. The van der Waals surface area contributed by atoms with Crippen LogP contribution in [0.4, 0.5) is 11.4 Å². The van der Waals surface area contributed by atoms with E-state index in [9.17, 15) is 9.59 Å². The van der Waals surface area contributed by atoms with Crippen LogP contribution in [0.2, 0.25) is 0 Å². The van der Waals surface area contributed by atoms with Gasteiger partial charge in [-0.1, -0.05) is 0 Å². The van der Waals surface area contributed by atoms with Gasteiger partial charge in [-0.15, -0.1) is 0 Å². The van der Waals surface area contributed by atoms with Crippen molar-refractivity contribution in [1.82, 2.24) is 5.32 Å². The lowest BCUT2D eigenvalue weighted by Crippen LogP contribution is -2.22. The molecule has 6 heteroatoms. The fourth-order valence-corrected chi connectivity index (χ4v) is 1.66. The smallest absolute Gasteiger partial charge is 0.307 e. The lowest BCUT2D eigenvalue weighted by molar-refractivity contribution is -0.142. The molecule has 0 atom stereocenters. The summed E-state index contributed by atoms with van der Waals surface area (Å²) in [5.41, 5.74) is 7.55. The lowest BCUT2D eigenvalue weighted by Gasteiger charge is -2.10. The number of anilines is 2. The number of nitrogen functional groups attached to an aromatic ring is 1. The summed E-state index contributed by atoms with van der Waals surface area (Å²) in [7, 11) is 0. The summed E-state index contributed by atoms with van der Waals surface area (Å²) < 4.78 is 4.82. The van der Waals surface area contributed by atoms with E-state index in [-0.39, 0.29) is 18.3 Å². The largest absolute Gasteiger partial charge is 0.466 e. The van der Waals surface area contributed by atoms with E-state index in [0.29, 0.717) is 36.6 Å². The van der Waals surface area contributed by atoms with E-state index in [1.165, 1.54) is 0 Å². The van der Waals surface area contributed by atoms with Crippen LogP contribution in [0.15, 0.2) is 18.2 Å². The average molecular weight is 279 g/mol. The van der Waals surface area contributed by atoms with Crippen LogP contribution in [0.25, 0.3) is 0 Å². The Balaban J connectivity index is 2.56. The maximum atomic E-state index is 11.6. The van der Waals surface area contributed by atoms with Gasteiger partial charge < -0.3 is 21.1 Å². The van der Waals surface area contributed by atoms with Crippen molar-refractivity contribution in [2.24, 2.45) is 0 Å². The molecule has 0 aromatic heterocycles. The first-order valence-corrected chi connectivity index (χ1v) is 6.65. The molecular weight excluding hydrogens is 258 g/mol. The number of amides is 1. The van der Waals surface area contributed by atoms with Crippen molar-refractivity contribution >= 4 is 23.3 Å². The Labute approximate surface area is 118 Å². The number of ether oxygens (including phenoxy) is 1. The molecule has 0 saturated carbocycles. The number of rotatable bonds is 7. The van der Waals surface area contributed by atoms with E-state index in [2.05, 4.69) is 10.6 Å². The second-order valence-electron chi connectivity index (χ2n) is 4.14. The molecule has 0 aliphatic heterocycles. The van der Waals surface area contributed by atoms with Crippen molar-refractivity contribution in [2.75, 3.05) is 30.7 Å². The molecular formula is C14H21N3O3. The zero-order valence-electron chi connectivity index (χ0n) is 11.9. The molecule has 0 spiro atoms. The number of nitrogens with one attached hydrogen (secondary N) is 2. The molecule has 6 nitrogen and oxygen atoms in total. The molecule has 0 aliphatic rings. The molecule has 1 aromatic carbocycles. The summed E-state index contributed by atoms with van der Waals surface area (Å²) in [5, 5.41) is 5.75. The number of benzene rings is 1. The minimum Gasteiger partial charge on any atom is -0.466 e. The van der Waals surface area contributed by atoms with Gasteiger partial charge in [-0.2, -0.15) is 0 Å². The fourth-order valence-electron chi connectivity index (χ4n) is 1.66. The van der Waals surface area contributed by atoms with Gasteiger partial charge in [0, 0.05) is 18.7 Å². The summed E-state index contributed by atoms with van der Waals surface area (Å²) in [6, 6.07) is 5.02. The summed E-state index contributed by atoms with van der Waals surface area (Å²) in [5.74, 6) is -0.408.